The van der Waals surface area contributed by atoms with E-state index < -0.39 is 17.9 Å². The molecule has 0 aromatic carbocycles. The first-order chi connectivity index (χ1) is 8.40. The molecule has 1 aromatic heterocycles. The van der Waals surface area contributed by atoms with Crippen molar-refractivity contribution >= 4 is 33.5 Å². The summed E-state index contributed by atoms with van der Waals surface area (Å²) in [5, 5.41) is 11.1. The number of anilines is 1. The van der Waals surface area contributed by atoms with Crippen LogP contribution in [-0.2, 0) is 9.59 Å². The van der Waals surface area contributed by atoms with E-state index >= 15 is 0 Å². The van der Waals surface area contributed by atoms with E-state index in [2.05, 4.69) is 26.2 Å². The van der Waals surface area contributed by atoms with Gasteiger partial charge in [0, 0.05) is 6.42 Å². The summed E-state index contributed by atoms with van der Waals surface area (Å²) in [4.78, 5) is 26.2. The van der Waals surface area contributed by atoms with Gasteiger partial charge in [-0.05, 0) is 41.4 Å². The van der Waals surface area contributed by atoms with Gasteiger partial charge in [-0.3, -0.25) is 9.59 Å². The molecule has 0 fully saturated rings. The van der Waals surface area contributed by atoms with Gasteiger partial charge in [-0.1, -0.05) is 0 Å². The number of aliphatic carboxylic acids is 1. The number of carbonyl (C=O) groups is 2. The summed E-state index contributed by atoms with van der Waals surface area (Å²) in [7, 11) is 0. The molecule has 0 saturated heterocycles. The second kappa shape index (κ2) is 6.46. The topological polar surface area (TPSA) is 105 Å². The minimum atomic E-state index is -0.972. The number of hydrogen-bond donors (Lipinski definition) is 3. The number of pyridine rings is 1. The first-order valence-electron chi connectivity index (χ1n) is 5.31. The summed E-state index contributed by atoms with van der Waals surface area (Å²) in [5.41, 5.74) is 6.81. The number of halogens is 1. The van der Waals surface area contributed by atoms with Gasteiger partial charge in [0.2, 0.25) is 5.91 Å². The molecule has 1 amide bonds. The van der Waals surface area contributed by atoms with E-state index in [1.165, 1.54) is 0 Å². The van der Waals surface area contributed by atoms with Crippen molar-refractivity contribution in [2.45, 2.75) is 25.8 Å². The number of nitrogens with one attached hydrogen (secondary N) is 1. The van der Waals surface area contributed by atoms with Gasteiger partial charge in [0.1, 0.15) is 4.60 Å². The van der Waals surface area contributed by atoms with Crippen molar-refractivity contribution in [3.8, 4) is 0 Å². The van der Waals surface area contributed by atoms with Crippen molar-refractivity contribution in [2.24, 2.45) is 5.73 Å². The van der Waals surface area contributed by atoms with Gasteiger partial charge in [-0.25, -0.2) is 4.98 Å². The van der Waals surface area contributed by atoms with Gasteiger partial charge in [-0.15, -0.1) is 0 Å². The maximum Gasteiger partial charge on any atom is 0.303 e. The number of aromatic nitrogens is 1. The van der Waals surface area contributed by atoms with Crippen LogP contribution in [0.15, 0.2) is 16.7 Å². The highest BCUT2D eigenvalue weighted by molar-refractivity contribution is 9.10. The Hall–Kier alpha value is -1.47. The zero-order valence-electron chi connectivity index (χ0n) is 9.81. The third-order valence-electron chi connectivity index (χ3n) is 2.32. The van der Waals surface area contributed by atoms with Crippen LogP contribution in [-0.4, -0.2) is 28.0 Å². The Balaban J connectivity index is 2.61. The Morgan fingerprint density at radius 1 is 1.56 bits per heavy atom. The van der Waals surface area contributed by atoms with E-state index in [0.717, 1.165) is 0 Å². The van der Waals surface area contributed by atoms with Crippen LogP contribution < -0.4 is 11.1 Å². The SMILES string of the molecule is Cc1nc(Br)ccc1NC(=O)C(N)CCC(=O)O. The summed E-state index contributed by atoms with van der Waals surface area (Å²) in [5.74, 6) is -1.39. The molecule has 1 atom stereocenters. The van der Waals surface area contributed by atoms with Gasteiger partial charge in [-0.2, -0.15) is 0 Å². The number of carboxylic acids is 1. The molecular weight excluding hydrogens is 302 g/mol. The van der Waals surface area contributed by atoms with Crippen molar-refractivity contribution in [2.75, 3.05) is 5.32 Å². The number of nitrogens with zero attached hydrogens (tertiary/aromatic N) is 1. The quantitative estimate of drug-likeness (QED) is 0.710. The lowest BCUT2D eigenvalue weighted by Crippen LogP contribution is -2.36. The van der Waals surface area contributed by atoms with Crippen LogP contribution in [0.3, 0.4) is 0 Å². The van der Waals surface area contributed by atoms with Crippen LogP contribution in [0.25, 0.3) is 0 Å². The van der Waals surface area contributed by atoms with E-state index in [0.29, 0.717) is 16.0 Å². The van der Waals surface area contributed by atoms with Gasteiger partial charge in [0.25, 0.3) is 0 Å². The fourth-order valence-electron chi connectivity index (χ4n) is 1.30. The first kappa shape index (κ1) is 14.6. The Morgan fingerprint density at radius 3 is 2.78 bits per heavy atom. The molecule has 1 rings (SSSR count). The molecule has 7 heteroatoms. The monoisotopic (exact) mass is 315 g/mol. The number of carboxylic acid groups (broad SMARTS) is 1. The molecule has 0 spiro atoms. The van der Waals surface area contributed by atoms with Crippen molar-refractivity contribution < 1.29 is 14.7 Å². The molecule has 4 N–H and O–H groups in total. The summed E-state index contributed by atoms with van der Waals surface area (Å²) in [6, 6.07) is 2.56. The Morgan fingerprint density at radius 2 is 2.22 bits per heavy atom. The maximum absolute atomic E-state index is 11.7. The number of carbonyl (C=O) groups excluding carboxylic acids is 1. The molecule has 1 heterocycles. The number of amides is 1. The van der Waals surface area contributed by atoms with Gasteiger partial charge in [0.15, 0.2) is 0 Å². The Labute approximate surface area is 113 Å². The van der Waals surface area contributed by atoms with E-state index in [1.54, 1.807) is 19.1 Å². The highest BCUT2D eigenvalue weighted by atomic mass is 79.9. The molecule has 0 aliphatic heterocycles. The van der Waals surface area contributed by atoms with E-state index in [1.807, 2.05) is 0 Å². The summed E-state index contributed by atoms with van der Waals surface area (Å²) >= 11 is 3.22. The fraction of sp³-hybridized carbons (Fsp3) is 0.364. The average molecular weight is 316 g/mol. The van der Waals surface area contributed by atoms with E-state index in [-0.39, 0.29) is 12.8 Å². The maximum atomic E-state index is 11.7. The van der Waals surface area contributed by atoms with Crippen molar-refractivity contribution in [3.63, 3.8) is 0 Å². The highest BCUT2D eigenvalue weighted by Crippen LogP contribution is 2.16. The molecule has 1 unspecified atom stereocenters. The molecular formula is C11H14BrN3O3. The predicted octanol–water partition coefficient (Wildman–Crippen LogP) is 1.28. The lowest BCUT2D eigenvalue weighted by atomic mass is 10.1. The summed E-state index contributed by atoms with van der Waals surface area (Å²) < 4.78 is 0.674. The molecule has 98 valence electrons. The number of hydrogen-bond acceptors (Lipinski definition) is 4. The molecule has 18 heavy (non-hydrogen) atoms. The third kappa shape index (κ3) is 4.42. The molecule has 0 saturated carbocycles. The van der Waals surface area contributed by atoms with Crippen LogP contribution >= 0.6 is 15.9 Å². The smallest absolute Gasteiger partial charge is 0.303 e. The highest BCUT2D eigenvalue weighted by Gasteiger charge is 2.15. The van der Waals surface area contributed by atoms with Crippen LogP contribution in [0.5, 0.6) is 0 Å². The fourth-order valence-corrected chi connectivity index (χ4v) is 1.70. The normalized spacial score (nSPS) is 11.9. The minimum Gasteiger partial charge on any atom is -0.481 e. The summed E-state index contributed by atoms with van der Waals surface area (Å²) in [6.45, 7) is 1.75. The number of nitrogens with two attached hydrogens (primary N) is 1. The molecule has 1 aromatic rings. The van der Waals surface area contributed by atoms with Crippen molar-refractivity contribution in [3.05, 3.63) is 22.4 Å². The van der Waals surface area contributed by atoms with Crippen LogP contribution in [0.2, 0.25) is 0 Å². The predicted molar refractivity (Wildman–Crippen MR) is 70.1 cm³/mol. The minimum absolute atomic E-state index is 0.101. The third-order valence-corrected chi connectivity index (χ3v) is 2.76. The van der Waals surface area contributed by atoms with Crippen molar-refractivity contribution in [1.29, 1.82) is 0 Å². The average Bonchev–Trinajstić information content (AvgIpc) is 2.29. The zero-order chi connectivity index (χ0) is 13.7. The van der Waals surface area contributed by atoms with Crippen LogP contribution in [0.4, 0.5) is 5.69 Å². The second-order valence-corrected chi connectivity index (χ2v) is 4.61. The van der Waals surface area contributed by atoms with E-state index in [9.17, 15) is 9.59 Å². The number of aryl methyl sites for hydroxylation is 1. The Bertz CT molecular complexity index is 465. The standard InChI is InChI=1S/C11H14BrN3O3/c1-6-8(3-4-9(12)14-6)15-11(18)7(13)2-5-10(16)17/h3-4,7H,2,5,13H2,1H3,(H,15,18)(H,16,17). The van der Waals surface area contributed by atoms with E-state index in [4.69, 9.17) is 10.8 Å². The summed E-state index contributed by atoms with van der Waals surface area (Å²) in [6.07, 6.45) is -0.0314. The van der Waals surface area contributed by atoms with Crippen molar-refractivity contribution in [1.82, 2.24) is 4.98 Å². The lowest BCUT2D eigenvalue weighted by molar-refractivity contribution is -0.137. The molecule has 0 radical (unpaired) electrons. The second-order valence-electron chi connectivity index (χ2n) is 3.80. The number of rotatable bonds is 5. The van der Waals surface area contributed by atoms with Crippen LogP contribution in [0.1, 0.15) is 18.5 Å². The molecule has 0 aliphatic rings. The first-order valence-corrected chi connectivity index (χ1v) is 6.11. The largest absolute Gasteiger partial charge is 0.481 e. The van der Waals surface area contributed by atoms with Crippen LogP contribution in [0, 0.1) is 6.92 Å². The van der Waals surface area contributed by atoms with Gasteiger partial charge >= 0.3 is 5.97 Å². The molecule has 0 bridgehead atoms. The van der Waals surface area contributed by atoms with Gasteiger partial charge < -0.3 is 16.2 Å². The lowest BCUT2D eigenvalue weighted by Gasteiger charge is -2.12. The van der Waals surface area contributed by atoms with Gasteiger partial charge in [0.05, 0.1) is 17.4 Å². The Kier molecular flexibility index (Phi) is 5.24. The molecule has 0 aliphatic carbocycles. The zero-order valence-corrected chi connectivity index (χ0v) is 11.4. The molecule has 6 nitrogen and oxygen atoms in total.